The van der Waals surface area contributed by atoms with E-state index in [0.717, 1.165) is 57.9 Å². The Balaban J connectivity index is 0.00000169. The number of benzene rings is 2. The van der Waals surface area contributed by atoms with E-state index in [4.69, 9.17) is 4.74 Å². The van der Waals surface area contributed by atoms with Crippen molar-refractivity contribution in [3.63, 3.8) is 0 Å². The van der Waals surface area contributed by atoms with Gasteiger partial charge in [0.25, 0.3) is 0 Å². The number of hydrogen-bond donors (Lipinski definition) is 1. The molecule has 1 aliphatic rings. The van der Waals surface area contributed by atoms with E-state index in [1.54, 1.807) is 0 Å². The van der Waals surface area contributed by atoms with Gasteiger partial charge in [-0.1, -0.05) is 42.0 Å². The van der Waals surface area contributed by atoms with Crippen molar-refractivity contribution in [2.24, 2.45) is 0 Å². The summed E-state index contributed by atoms with van der Waals surface area (Å²) in [6.07, 6.45) is 2.12. The highest BCUT2D eigenvalue weighted by Gasteiger charge is 2.09. The molecule has 0 spiro atoms. The minimum absolute atomic E-state index is 0. The van der Waals surface area contributed by atoms with Crippen LogP contribution in [-0.2, 0) is 13.0 Å². The van der Waals surface area contributed by atoms with E-state index in [9.17, 15) is 0 Å². The Labute approximate surface area is 169 Å². The minimum Gasteiger partial charge on any atom is -0.494 e. The summed E-state index contributed by atoms with van der Waals surface area (Å²) in [6, 6.07) is 17.3. The van der Waals surface area contributed by atoms with Crippen LogP contribution in [0.4, 0.5) is 0 Å². The van der Waals surface area contributed by atoms with E-state index in [0.29, 0.717) is 0 Å². The average Bonchev–Trinajstić information content (AvgIpc) is 2.62. The summed E-state index contributed by atoms with van der Waals surface area (Å²) in [7, 11) is 0. The number of nitrogens with zero attached hydrogens (tertiary/aromatic N) is 1. The van der Waals surface area contributed by atoms with Crippen LogP contribution in [0.25, 0.3) is 0 Å². The topological polar surface area (TPSA) is 24.5 Å². The highest BCUT2D eigenvalue weighted by Crippen LogP contribution is 2.13. The van der Waals surface area contributed by atoms with Crippen LogP contribution in [0.15, 0.2) is 48.5 Å². The van der Waals surface area contributed by atoms with Crippen LogP contribution < -0.4 is 10.1 Å². The molecule has 1 heterocycles. The number of rotatable bonds is 7. The third-order valence-electron chi connectivity index (χ3n) is 4.54. The van der Waals surface area contributed by atoms with Crippen molar-refractivity contribution in [1.29, 1.82) is 0 Å². The van der Waals surface area contributed by atoms with Crippen LogP contribution >= 0.6 is 24.8 Å². The minimum atomic E-state index is 0. The zero-order valence-corrected chi connectivity index (χ0v) is 17.1. The third-order valence-corrected chi connectivity index (χ3v) is 4.54. The Morgan fingerprint density at radius 1 is 0.885 bits per heavy atom. The van der Waals surface area contributed by atoms with E-state index >= 15 is 0 Å². The molecule has 0 atom stereocenters. The molecule has 0 amide bonds. The molecular formula is C21H30Cl2N2O. The van der Waals surface area contributed by atoms with E-state index in [1.165, 1.54) is 16.7 Å². The maximum Gasteiger partial charge on any atom is 0.119 e. The number of ether oxygens (including phenoxy) is 1. The normalized spacial score (nSPS) is 14.2. The first kappa shape index (κ1) is 22.8. The van der Waals surface area contributed by atoms with Gasteiger partial charge < -0.3 is 10.1 Å². The van der Waals surface area contributed by atoms with Crippen LogP contribution in [0.2, 0.25) is 0 Å². The lowest BCUT2D eigenvalue weighted by Gasteiger charge is -2.27. The van der Waals surface area contributed by atoms with Gasteiger partial charge in [-0.05, 0) is 43.0 Å². The Morgan fingerprint density at radius 2 is 1.50 bits per heavy atom. The Kier molecular flexibility index (Phi) is 10.7. The smallest absolute Gasteiger partial charge is 0.119 e. The zero-order valence-electron chi connectivity index (χ0n) is 15.4. The van der Waals surface area contributed by atoms with Gasteiger partial charge in [-0.2, -0.15) is 0 Å². The number of aryl methyl sites for hydroxylation is 2. The maximum atomic E-state index is 5.79. The van der Waals surface area contributed by atoms with Gasteiger partial charge >= 0.3 is 0 Å². The molecule has 2 aromatic carbocycles. The Hall–Kier alpha value is -1.26. The van der Waals surface area contributed by atoms with Gasteiger partial charge in [-0.25, -0.2) is 0 Å². The van der Waals surface area contributed by atoms with Gasteiger partial charge in [-0.15, -0.1) is 24.8 Å². The molecule has 1 saturated heterocycles. The highest BCUT2D eigenvalue weighted by atomic mass is 35.5. The van der Waals surface area contributed by atoms with Gasteiger partial charge in [0.15, 0.2) is 0 Å². The fraction of sp³-hybridized carbons (Fsp3) is 0.429. The van der Waals surface area contributed by atoms with Gasteiger partial charge in [-0.3, -0.25) is 4.90 Å². The van der Waals surface area contributed by atoms with Gasteiger partial charge in [0, 0.05) is 32.7 Å². The Morgan fingerprint density at radius 3 is 2.15 bits per heavy atom. The van der Waals surface area contributed by atoms with E-state index in [2.05, 4.69) is 53.5 Å². The first-order valence-electron chi connectivity index (χ1n) is 9.00. The van der Waals surface area contributed by atoms with Crippen molar-refractivity contribution in [3.05, 3.63) is 65.2 Å². The van der Waals surface area contributed by atoms with Crippen molar-refractivity contribution < 1.29 is 4.74 Å². The first-order chi connectivity index (χ1) is 11.8. The van der Waals surface area contributed by atoms with Crippen molar-refractivity contribution in [2.75, 3.05) is 32.8 Å². The lowest BCUT2D eigenvalue weighted by atomic mass is 10.1. The fourth-order valence-electron chi connectivity index (χ4n) is 3.04. The zero-order chi connectivity index (χ0) is 16.6. The van der Waals surface area contributed by atoms with Crippen LogP contribution in [0.3, 0.4) is 0 Å². The molecule has 1 N–H and O–H groups in total. The van der Waals surface area contributed by atoms with Gasteiger partial charge in [0.2, 0.25) is 0 Å². The van der Waals surface area contributed by atoms with E-state index in [-0.39, 0.29) is 24.8 Å². The van der Waals surface area contributed by atoms with Crippen molar-refractivity contribution in [3.8, 4) is 5.75 Å². The SMILES string of the molecule is Cc1ccc(OCCCc2ccc(CN3CCNCC3)cc2)cc1.Cl.Cl. The molecular weight excluding hydrogens is 367 g/mol. The summed E-state index contributed by atoms with van der Waals surface area (Å²) in [4.78, 5) is 2.51. The molecule has 0 radical (unpaired) electrons. The highest BCUT2D eigenvalue weighted by molar-refractivity contribution is 5.85. The molecule has 0 aliphatic carbocycles. The second kappa shape index (κ2) is 12.2. The van der Waals surface area contributed by atoms with Gasteiger partial charge in [0.05, 0.1) is 6.61 Å². The lowest BCUT2D eigenvalue weighted by molar-refractivity contribution is 0.233. The molecule has 1 fully saturated rings. The summed E-state index contributed by atoms with van der Waals surface area (Å²) in [5, 5.41) is 3.40. The van der Waals surface area contributed by atoms with E-state index in [1.807, 2.05) is 12.1 Å². The molecule has 0 saturated carbocycles. The standard InChI is InChI=1S/C21H28N2O.2ClH/c1-18-4-10-21(11-5-18)24-16-2-3-19-6-8-20(9-7-19)17-23-14-12-22-13-15-23;;/h4-11,22H,2-3,12-17H2,1H3;2*1H. The average molecular weight is 397 g/mol. The van der Waals surface area contributed by atoms with Crippen LogP contribution in [0.5, 0.6) is 5.75 Å². The molecule has 3 rings (SSSR count). The summed E-state index contributed by atoms with van der Waals surface area (Å²) in [5.74, 6) is 0.965. The summed E-state index contributed by atoms with van der Waals surface area (Å²) in [6.45, 7) is 8.45. The molecule has 5 heteroatoms. The summed E-state index contributed by atoms with van der Waals surface area (Å²) < 4.78 is 5.79. The third kappa shape index (κ3) is 7.55. The molecule has 0 aromatic heterocycles. The molecule has 1 aliphatic heterocycles. The maximum absolute atomic E-state index is 5.79. The molecule has 0 bridgehead atoms. The monoisotopic (exact) mass is 396 g/mol. The Bertz CT molecular complexity index is 611. The van der Waals surface area contributed by atoms with Crippen LogP contribution in [0, 0.1) is 6.92 Å². The number of hydrogen-bond acceptors (Lipinski definition) is 3. The second-order valence-corrected chi connectivity index (χ2v) is 6.61. The van der Waals surface area contributed by atoms with Crippen LogP contribution in [-0.4, -0.2) is 37.7 Å². The fourth-order valence-corrected chi connectivity index (χ4v) is 3.04. The van der Waals surface area contributed by atoms with Crippen molar-refractivity contribution in [1.82, 2.24) is 10.2 Å². The first-order valence-corrected chi connectivity index (χ1v) is 9.00. The predicted octanol–water partition coefficient (Wildman–Crippen LogP) is 4.26. The number of nitrogens with one attached hydrogen (secondary N) is 1. The molecule has 144 valence electrons. The summed E-state index contributed by atoms with van der Waals surface area (Å²) >= 11 is 0. The van der Waals surface area contributed by atoms with Crippen molar-refractivity contribution >= 4 is 24.8 Å². The molecule has 0 unspecified atom stereocenters. The number of piperazine rings is 1. The van der Waals surface area contributed by atoms with Gasteiger partial charge in [0.1, 0.15) is 5.75 Å². The molecule has 3 nitrogen and oxygen atoms in total. The molecule has 26 heavy (non-hydrogen) atoms. The largest absolute Gasteiger partial charge is 0.494 e. The quantitative estimate of drug-likeness (QED) is 0.707. The molecule has 2 aromatic rings. The predicted molar refractivity (Wildman–Crippen MR) is 114 cm³/mol. The van der Waals surface area contributed by atoms with Crippen LogP contribution in [0.1, 0.15) is 23.1 Å². The summed E-state index contributed by atoms with van der Waals surface area (Å²) in [5.41, 5.74) is 4.08. The second-order valence-electron chi connectivity index (χ2n) is 6.61. The van der Waals surface area contributed by atoms with E-state index < -0.39 is 0 Å². The van der Waals surface area contributed by atoms with Crippen molar-refractivity contribution in [2.45, 2.75) is 26.3 Å². The number of halogens is 2. The lowest BCUT2D eigenvalue weighted by Crippen LogP contribution is -2.42.